The lowest BCUT2D eigenvalue weighted by molar-refractivity contribution is -0.158. The van der Waals surface area contributed by atoms with E-state index in [2.05, 4.69) is 9.97 Å². The van der Waals surface area contributed by atoms with Crippen molar-refractivity contribution in [3.8, 4) is 34.4 Å². The van der Waals surface area contributed by atoms with Gasteiger partial charge >= 0.3 is 11.9 Å². The number of hydrogen-bond donors (Lipinski definition) is 1. The van der Waals surface area contributed by atoms with E-state index in [0.717, 1.165) is 68.2 Å². The minimum atomic E-state index is -1.25. The number of carboxylic acid groups (broad SMARTS) is 1. The van der Waals surface area contributed by atoms with Gasteiger partial charge in [0.25, 0.3) is 0 Å². The van der Waals surface area contributed by atoms with Gasteiger partial charge in [-0.2, -0.15) is 0 Å². The van der Waals surface area contributed by atoms with Crippen LogP contribution >= 0.6 is 23.5 Å². The van der Waals surface area contributed by atoms with Crippen LogP contribution in [0.5, 0.6) is 11.5 Å². The third-order valence-electron chi connectivity index (χ3n) is 8.72. The lowest BCUT2D eigenvalue weighted by Crippen LogP contribution is -2.39. The number of thioether (sulfide) groups is 2. The van der Waals surface area contributed by atoms with E-state index in [1.54, 1.807) is 56.4 Å². The summed E-state index contributed by atoms with van der Waals surface area (Å²) in [5, 5.41) is 9.14. The van der Waals surface area contributed by atoms with Crippen LogP contribution in [0.15, 0.2) is 128 Å². The molecule has 0 saturated heterocycles. The van der Waals surface area contributed by atoms with E-state index >= 15 is 0 Å². The molecule has 6 aromatic rings. The predicted octanol–water partition coefficient (Wildman–Crippen LogP) is 10.9. The molecule has 2 heterocycles. The highest BCUT2D eigenvalue weighted by Crippen LogP contribution is 2.29. The largest absolute Gasteiger partial charge is 0.478 e. The zero-order valence-electron chi connectivity index (χ0n) is 33.9. The Labute approximate surface area is 348 Å². The van der Waals surface area contributed by atoms with E-state index in [1.807, 2.05) is 111 Å². The van der Waals surface area contributed by atoms with Gasteiger partial charge in [-0.1, -0.05) is 36.4 Å². The van der Waals surface area contributed by atoms with Crippen LogP contribution in [0.1, 0.15) is 57.5 Å². The Hall–Kier alpha value is -5.46. The maximum Gasteiger partial charge on any atom is 0.349 e. The first-order valence-electron chi connectivity index (χ1n) is 19.0. The number of aryl methyl sites for hydroxylation is 4. The first-order chi connectivity index (χ1) is 27.7. The number of carboxylic acids is 1. The van der Waals surface area contributed by atoms with Crippen LogP contribution < -0.4 is 9.47 Å². The number of oxazole rings is 2. The first-order valence-corrected chi connectivity index (χ1v) is 21.0. The van der Waals surface area contributed by atoms with Gasteiger partial charge in [0, 0.05) is 45.3 Å². The van der Waals surface area contributed by atoms with Crippen LogP contribution in [0.4, 0.5) is 0 Å². The van der Waals surface area contributed by atoms with Crippen molar-refractivity contribution in [3.63, 3.8) is 0 Å². The summed E-state index contributed by atoms with van der Waals surface area (Å²) in [6, 6.07) is 35.0. The molecule has 6 rings (SSSR count). The number of aliphatic carboxylic acids is 1. The van der Waals surface area contributed by atoms with Crippen LogP contribution in [0.25, 0.3) is 22.9 Å². The molecule has 58 heavy (non-hydrogen) atoms. The molecule has 0 atom stereocenters. The molecular weight excluding hydrogens is 773 g/mol. The average molecular weight is 823 g/mol. The molecule has 2 aromatic heterocycles. The van der Waals surface area contributed by atoms with E-state index < -0.39 is 17.2 Å². The zero-order valence-corrected chi connectivity index (χ0v) is 35.6. The lowest BCUT2D eigenvalue weighted by Gasteiger charge is -2.24. The van der Waals surface area contributed by atoms with Gasteiger partial charge in [0.2, 0.25) is 11.8 Å². The standard InChI is InChI=1S/C24H27NO4S.C22H23NO4S/c1-5-27-23(26)24(3,4)29-19-11-13-20(14-12-19)30-16-15-21-17(2)28-22(25-21)18-9-7-6-8-10-18;1-15-19(23-20(26-15)16-7-5-4-6-8-16)13-14-28-18-11-9-17(10-12-18)27-22(2,3)21(24)25/h6-14H,5,15-16H2,1-4H3;4-12H,13-14H2,1-3H3,(H,24,25). The van der Waals surface area contributed by atoms with Crippen molar-refractivity contribution < 1.29 is 37.7 Å². The van der Waals surface area contributed by atoms with E-state index in [9.17, 15) is 9.59 Å². The smallest absolute Gasteiger partial charge is 0.349 e. The summed E-state index contributed by atoms with van der Waals surface area (Å²) in [4.78, 5) is 34.6. The fourth-order valence-corrected chi connectivity index (χ4v) is 7.17. The van der Waals surface area contributed by atoms with Gasteiger partial charge in [0.05, 0.1) is 18.0 Å². The molecule has 10 nitrogen and oxygen atoms in total. The molecule has 0 bridgehead atoms. The summed E-state index contributed by atoms with van der Waals surface area (Å²) in [6.07, 6.45) is 1.62. The van der Waals surface area contributed by atoms with E-state index in [1.165, 1.54) is 13.8 Å². The Balaban J connectivity index is 0.000000221. The van der Waals surface area contributed by atoms with Gasteiger partial charge in [-0.3, -0.25) is 0 Å². The van der Waals surface area contributed by atoms with Crippen LogP contribution in [0.2, 0.25) is 0 Å². The molecular formula is C46H50N2O8S2. The molecule has 4 aromatic carbocycles. The number of carbonyl (C=O) groups excluding carboxylic acids is 1. The molecule has 0 aliphatic rings. The number of esters is 1. The van der Waals surface area contributed by atoms with Crippen LogP contribution in [0.3, 0.4) is 0 Å². The highest BCUT2D eigenvalue weighted by atomic mass is 32.2. The van der Waals surface area contributed by atoms with Crippen molar-refractivity contribution in [2.75, 3.05) is 18.1 Å². The van der Waals surface area contributed by atoms with Gasteiger partial charge in [-0.25, -0.2) is 19.6 Å². The molecule has 0 spiro atoms. The molecule has 304 valence electrons. The molecule has 0 radical (unpaired) electrons. The third-order valence-corrected chi connectivity index (χ3v) is 10.7. The van der Waals surface area contributed by atoms with Gasteiger partial charge in [0.15, 0.2) is 11.2 Å². The minimum absolute atomic E-state index is 0.332. The Morgan fingerprint density at radius 1 is 0.621 bits per heavy atom. The van der Waals surface area contributed by atoms with Crippen molar-refractivity contribution in [2.24, 2.45) is 0 Å². The fourth-order valence-electron chi connectivity index (χ4n) is 5.45. The van der Waals surface area contributed by atoms with Gasteiger partial charge in [0.1, 0.15) is 23.0 Å². The monoisotopic (exact) mass is 822 g/mol. The maximum atomic E-state index is 12.0. The SMILES string of the molecule is CCOC(=O)C(C)(C)Oc1ccc(SCCc2nc(-c3ccccc3)oc2C)cc1.Cc1oc(-c2ccccc2)nc1CCSc1ccc(OC(C)(C)C(=O)O)cc1. The fraction of sp³-hybridized carbons (Fsp3) is 0.304. The molecule has 0 amide bonds. The minimum Gasteiger partial charge on any atom is -0.478 e. The van der Waals surface area contributed by atoms with Crippen molar-refractivity contribution in [2.45, 2.75) is 82.3 Å². The summed E-state index contributed by atoms with van der Waals surface area (Å²) in [5.74, 6) is 4.58. The summed E-state index contributed by atoms with van der Waals surface area (Å²) in [7, 11) is 0. The van der Waals surface area contributed by atoms with Crippen LogP contribution in [0, 0.1) is 13.8 Å². The zero-order chi connectivity index (χ0) is 41.7. The number of carbonyl (C=O) groups is 2. The summed E-state index contributed by atoms with van der Waals surface area (Å²) in [6.45, 7) is 12.5. The quantitative estimate of drug-likeness (QED) is 0.0693. The number of hydrogen-bond acceptors (Lipinski definition) is 11. The van der Waals surface area contributed by atoms with Crippen molar-refractivity contribution in [1.29, 1.82) is 0 Å². The second kappa shape index (κ2) is 20.3. The van der Waals surface area contributed by atoms with Gasteiger partial charge in [-0.15, -0.1) is 23.5 Å². The summed E-state index contributed by atoms with van der Waals surface area (Å²) < 4.78 is 28.0. The number of rotatable bonds is 17. The summed E-state index contributed by atoms with van der Waals surface area (Å²) >= 11 is 3.45. The molecule has 0 unspecified atom stereocenters. The number of ether oxygens (including phenoxy) is 3. The first kappa shape index (κ1) is 43.7. The van der Waals surface area contributed by atoms with Gasteiger partial charge < -0.3 is 28.2 Å². The average Bonchev–Trinajstić information content (AvgIpc) is 3.78. The third kappa shape index (κ3) is 12.5. The maximum absolute atomic E-state index is 12.0. The van der Waals surface area contributed by atoms with Gasteiger partial charge in [-0.05, 0) is 121 Å². The lowest BCUT2D eigenvalue weighted by atomic mass is 10.1. The van der Waals surface area contributed by atoms with Crippen LogP contribution in [-0.2, 0) is 27.2 Å². The normalized spacial score (nSPS) is 11.4. The second-order valence-electron chi connectivity index (χ2n) is 14.2. The molecule has 0 fully saturated rings. The Kier molecular flexibility index (Phi) is 15.3. The van der Waals surface area contributed by atoms with Crippen molar-refractivity contribution in [3.05, 3.63) is 132 Å². The molecule has 0 aliphatic carbocycles. The highest BCUT2D eigenvalue weighted by molar-refractivity contribution is 7.99. The summed E-state index contributed by atoms with van der Waals surface area (Å²) in [5.41, 5.74) is 1.64. The molecule has 12 heteroatoms. The van der Waals surface area contributed by atoms with Crippen molar-refractivity contribution >= 4 is 35.5 Å². The predicted molar refractivity (Wildman–Crippen MR) is 229 cm³/mol. The topological polar surface area (TPSA) is 134 Å². The number of benzene rings is 4. The Morgan fingerprint density at radius 3 is 1.40 bits per heavy atom. The molecule has 0 aliphatic heterocycles. The highest BCUT2D eigenvalue weighted by Gasteiger charge is 2.31. The Morgan fingerprint density at radius 2 is 1.02 bits per heavy atom. The van der Waals surface area contributed by atoms with E-state index in [4.69, 9.17) is 28.2 Å². The Bertz CT molecular complexity index is 2220. The number of aromatic nitrogens is 2. The van der Waals surface area contributed by atoms with E-state index in [0.29, 0.717) is 29.9 Å². The molecule has 1 N–H and O–H groups in total. The van der Waals surface area contributed by atoms with E-state index in [-0.39, 0.29) is 5.97 Å². The number of nitrogens with zero attached hydrogens (tertiary/aromatic N) is 2. The second-order valence-corrected chi connectivity index (χ2v) is 16.5. The molecule has 0 saturated carbocycles. The van der Waals surface area contributed by atoms with Crippen LogP contribution in [-0.4, -0.2) is 56.3 Å². The van der Waals surface area contributed by atoms with Crippen molar-refractivity contribution in [1.82, 2.24) is 9.97 Å².